The average molecular weight is 385 g/mol. The Bertz CT molecular complexity index is 1080. The molecule has 0 atom stereocenters. The van der Waals surface area contributed by atoms with Crippen LogP contribution >= 0.6 is 0 Å². The lowest BCUT2D eigenvalue weighted by molar-refractivity contribution is 0.102. The lowest BCUT2D eigenvalue weighted by Crippen LogP contribution is -2.18. The van der Waals surface area contributed by atoms with Gasteiger partial charge in [-0.1, -0.05) is 25.1 Å². The quantitative estimate of drug-likeness (QED) is 0.698. The summed E-state index contributed by atoms with van der Waals surface area (Å²) in [5, 5.41) is 14.1. The van der Waals surface area contributed by atoms with Crippen molar-refractivity contribution in [2.45, 2.75) is 25.2 Å². The van der Waals surface area contributed by atoms with Crippen molar-refractivity contribution < 1.29 is 13.2 Å². The maximum Gasteiger partial charge on any atom is 0.256 e. The van der Waals surface area contributed by atoms with Crippen molar-refractivity contribution in [3.05, 3.63) is 59.9 Å². The Kier molecular flexibility index (Phi) is 5.31. The second-order valence-corrected chi connectivity index (χ2v) is 8.03. The van der Waals surface area contributed by atoms with Crippen molar-refractivity contribution in [2.24, 2.45) is 0 Å². The molecule has 0 aliphatic heterocycles. The Morgan fingerprint density at radius 3 is 2.63 bits per heavy atom. The fourth-order valence-electron chi connectivity index (χ4n) is 2.69. The van der Waals surface area contributed by atoms with E-state index in [9.17, 15) is 13.2 Å². The molecular formula is C18H19N5O3S. The number of hydrogen-bond donors (Lipinski definition) is 1. The standard InChI is InChI=1S/C18H19N5O3S/c1-3-11-27(25,26)17-10-5-4-9-16(17)18(24)19-14-7-6-8-15(12-14)23-13(2)20-21-22-23/h4-10,12H,3,11H2,1-2H3,(H,19,24). The number of sulfone groups is 1. The minimum Gasteiger partial charge on any atom is -0.322 e. The van der Waals surface area contributed by atoms with Crippen LogP contribution in [-0.4, -0.2) is 40.3 Å². The fraction of sp³-hybridized carbons (Fsp3) is 0.222. The molecule has 1 N–H and O–H groups in total. The largest absolute Gasteiger partial charge is 0.322 e. The molecule has 9 heteroatoms. The van der Waals surface area contributed by atoms with Crippen molar-refractivity contribution in [3.63, 3.8) is 0 Å². The molecule has 0 spiro atoms. The molecule has 0 saturated carbocycles. The summed E-state index contributed by atoms with van der Waals surface area (Å²) in [7, 11) is -3.52. The molecule has 1 heterocycles. The van der Waals surface area contributed by atoms with Crippen LogP contribution in [0.2, 0.25) is 0 Å². The van der Waals surface area contributed by atoms with Crippen molar-refractivity contribution in [1.82, 2.24) is 20.2 Å². The van der Waals surface area contributed by atoms with E-state index in [-0.39, 0.29) is 16.2 Å². The highest BCUT2D eigenvalue weighted by Gasteiger charge is 2.21. The number of aryl methyl sites for hydroxylation is 1. The first kappa shape index (κ1) is 18.7. The molecule has 0 aliphatic carbocycles. The molecule has 3 rings (SSSR count). The van der Waals surface area contributed by atoms with E-state index >= 15 is 0 Å². The lowest BCUT2D eigenvalue weighted by Gasteiger charge is -2.11. The summed E-state index contributed by atoms with van der Waals surface area (Å²) in [4.78, 5) is 12.8. The SMILES string of the molecule is CCCS(=O)(=O)c1ccccc1C(=O)Nc1cccc(-n2nnnc2C)c1. The lowest BCUT2D eigenvalue weighted by atomic mass is 10.2. The molecule has 0 saturated heterocycles. The monoisotopic (exact) mass is 385 g/mol. The molecule has 27 heavy (non-hydrogen) atoms. The Morgan fingerprint density at radius 2 is 1.93 bits per heavy atom. The first-order valence-corrected chi connectivity index (χ1v) is 10.1. The summed E-state index contributed by atoms with van der Waals surface area (Å²) in [5.74, 6) is 0.107. The van der Waals surface area contributed by atoms with Gasteiger partial charge >= 0.3 is 0 Å². The van der Waals surface area contributed by atoms with Crippen LogP contribution in [0.15, 0.2) is 53.4 Å². The van der Waals surface area contributed by atoms with Crippen molar-refractivity contribution in [1.29, 1.82) is 0 Å². The zero-order chi connectivity index (χ0) is 19.4. The number of aromatic nitrogens is 4. The third-order valence-corrected chi connectivity index (χ3v) is 5.89. The van der Waals surface area contributed by atoms with Crippen molar-refractivity contribution >= 4 is 21.4 Å². The Hall–Kier alpha value is -3.07. The summed E-state index contributed by atoms with van der Waals surface area (Å²) >= 11 is 0. The number of nitrogens with one attached hydrogen (secondary N) is 1. The maximum absolute atomic E-state index is 12.7. The van der Waals surface area contributed by atoms with Gasteiger partial charge in [-0.25, -0.2) is 8.42 Å². The highest BCUT2D eigenvalue weighted by molar-refractivity contribution is 7.91. The van der Waals surface area contributed by atoms with Gasteiger partial charge in [0.1, 0.15) is 0 Å². The second kappa shape index (κ2) is 7.67. The van der Waals surface area contributed by atoms with Gasteiger partial charge in [-0.05, 0) is 54.1 Å². The Labute approximate surface area is 157 Å². The van der Waals surface area contributed by atoms with E-state index in [2.05, 4.69) is 20.8 Å². The van der Waals surface area contributed by atoms with Crippen LogP contribution in [0.4, 0.5) is 5.69 Å². The minimum atomic E-state index is -3.52. The molecule has 3 aromatic rings. The van der Waals surface area contributed by atoms with Crippen molar-refractivity contribution in [3.8, 4) is 5.69 Å². The summed E-state index contributed by atoms with van der Waals surface area (Å²) in [5.41, 5.74) is 1.31. The summed E-state index contributed by atoms with van der Waals surface area (Å²) < 4.78 is 26.4. The van der Waals surface area contributed by atoms with E-state index in [0.29, 0.717) is 23.6 Å². The number of hydrogen-bond acceptors (Lipinski definition) is 6. The van der Waals surface area contributed by atoms with Gasteiger partial charge in [0.05, 0.1) is 21.9 Å². The molecule has 0 bridgehead atoms. The van der Waals surface area contributed by atoms with Crippen LogP contribution in [0.5, 0.6) is 0 Å². The Morgan fingerprint density at radius 1 is 1.15 bits per heavy atom. The molecule has 0 aliphatic rings. The highest BCUT2D eigenvalue weighted by Crippen LogP contribution is 2.20. The van der Waals surface area contributed by atoms with E-state index in [4.69, 9.17) is 0 Å². The normalized spacial score (nSPS) is 11.3. The van der Waals surface area contributed by atoms with Crippen LogP contribution in [0.25, 0.3) is 5.69 Å². The first-order chi connectivity index (χ1) is 12.9. The molecule has 2 aromatic carbocycles. The fourth-order valence-corrected chi connectivity index (χ4v) is 4.23. The maximum atomic E-state index is 12.7. The second-order valence-electron chi connectivity index (χ2n) is 5.96. The summed E-state index contributed by atoms with van der Waals surface area (Å²) in [6.07, 6.45) is 0.478. The number of rotatable bonds is 6. The number of amides is 1. The van der Waals surface area contributed by atoms with E-state index in [1.165, 1.54) is 16.8 Å². The van der Waals surface area contributed by atoms with Gasteiger partial charge in [-0.3, -0.25) is 4.79 Å². The topological polar surface area (TPSA) is 107 Å². The van der Waals surface area contributed by atoms with E-state index in [1.54, 1.807) is 50.2 Å². The van der Waals surface area contributed by atoms with Gasteiger partial charge in [0.2, 0.25) is 0 Å². The number of carbonyl (C=O) groups excluding carboxylic acids is 1. The molecule has 1 aromatic heterocycles. The predicted molar refractivity (Wildman–Crippen MR) is 101 cm³/mol. The summed E-state index contributed by atoms with van der Waals surface area (Å²) in [6.45, 7) is 3.55. The highest BCUT2D eigenvalue weighted by atomic mass is 32.2. The van der Waals surface area contributed by atoms with E-state index in [0.717, 1.165) is 0 Å². The van der Waals surface area contributed by atoms with Gasteiger partial charge in [0.15, 0.2) is 15.7 Å². The van der Waals surface area contributed by atoms with Crippen molar-refractivity contribution in [2.75, 3.05) is 11.1 Å². The Balaban J connectivity index is 1.90. The number of anilines is 1. The minimum absolute atomic E-state index is 0.00858. The number of carbonyl (C=O) groups is 1. The van der Waals surface area contributed by atoms with Gasteiger partial charge in [0.25, 0.3) is 5.91 Å². The molecule has 0 unspecified atom stereocenters. The zero-order valence-electron chi connectivity index (χ0n) is 15.0. The van der Waals surface area contributed by atoms with Gasteiger partial charge < -0.3 is 5.32 Å². The smallest absolute Gasteiger partial charge is 0.256 e. The zero-order valence-corrected chi connectivity index (χ0v) is 15.8. The van der Waals surface area contributed by atoms with Crippen LogP contribution < -0.4 is 5.32 Å². The molecule has 0 fully saturated rings. The molecule has 1 amide bonds. The predicted octanol–water partition coefficient (Wildman–Crippen LogP) is 2.41. The third kappa shape index (κ3) is 4.03. The van der Waals surface area contributed by atoms with Gasteiger partial charge in [0, 0.05) is 5.69 Å². The van der Waals surface area contributed by atoms with Gasteiger partial charge in [-0.2, -0.15) is 4.68 Å². The molecule has 0 radical (unpaired) electrons. The van der Waals surface area contributed by atoms with Crippen LogP contribution in [-0.2, 0) is 9.84 Å². The summed E-state index contributed by atoms with van der Waals surface area (Å²) in [6, 6.07) is 13.2. The van der Waals surface area contributed by atoms with Crippen LogP contribution in [0, 0.1) is 6.92 Å². The third-order valence-electron chi connectivity index (χ3n) is 3.91. The average Bonchev–Trinajstić information content (AvgIpc) is 3.08. The number of benzene rings is 2. The van der Waals surface area contributed by atoms with E-state index < -0.39 is 15.7 Å². The van der Waals surface area contributed by atoms with Crippen LogP contribution in [0.3, 0.4) is 0 Å². The molecular weight excluding hydrogens is 366 g/mol. The van der Waals surface area contributed by atoms with Gasteiger partial charge in [-0.15, -0.1) is 5.10 Å². The molecule has 140 valence electrons. The van der Waals surface area contributed by atoms with E-state index in [1.807, 2.05) is 0 Å². The van der Waals surface area contributed by atoms with Crippen LogP contribution in [0.1, 0.15) is 29.5 Å². The number of nitrogens with zero attached hydrogens (tertiary/aromatic N) is 4. The molecule has 8 nitrogen and oxygen atoms in total. The first-order valence-electron chi connectivity index (χ1n) is 8.41. The number of tetrazole rings is 1.